The maximum absolute atomic E-state index is 12.8. The number of anilines is 1. The van der Waals surface area contributed by atoms with Crippen molar-refractivity contribution in [1.82, 2.24) is 9.29 Å². The summed E-state index contributed by atoms with van der Waals surface area (Å²) in [6, 6.07) is 4.02. The summed E-state index contributed by atoms with van der Waals surface area (Å²) in [5.74, 6) is 0. The van der Waals surface area contributed by atoms with Crippen LogP contribution in [0.5, 0.6) is 0 Å². The van der Waals surface area contributed by atoms with Gasteiger partial charge in [-0.15, -0.1) is 11.3 Å². The van der Waals surface area contributed by atoms with E-state index in [0.29, 0.717) is 17.4 Å². The molecule has 1 aliphatic rings. The van der Waals surface area contributed by atoms with Crippen molar-refractivity contribution in [3.8, 4) is 0 Å². The Hall–Kier alpha value is -0.960. The number of hydrogen-bond donors (Lipinski definition) is 1. The van der Waals surface area contributed by atoms with Crippen LogP contribution in [-0.4, -0.2) is 23.7 Å². The molecule has 0 bridgehead atoms. The molecule has 1 saturated carbocycles. The first kappa shape index (κ1) is 14.0. The predicted octanol–water partition coefficient (Wildman–Crippen LogP) is 2.45. The first-order valence-electron chi connectivity index (χ1n) is 6.25. The van der Waals surface area contributed by atoms with Crippen molar-refractivity contribution < 1.29 is 8.42 Å². The Morgan fingerprint density at radius 1 is 1.50 bits per heavy atom. The average molecular weight is 329 g/mol. The molecule has 0 atom stereocenters. The van der Waals surface area contributed by atoms with E-state index < -0.39 is 10.0 Å². The Morgan fingerprint density at radius 3 is 2.75 bits per heavy atom. The molecule has 0 aliphatic heterocycles. The molecule has 108 valence electrons. The van der Waals surface area contributed by atoms with Gasteiger partial charge >= 0.3 is 0 Å². The number of rotatable bonds is 5. The average Bonchev–Trinajstić information content (AvgIpc) is 2.96. The monoisotopic (exact) mass is 329 g/mol. The van der Waals surface area contributed by atoms with Gasteiger partial charge in [-0.05, 0) is 31.2 Å². The number of nitrogens with zero attached hydrogens (tertiary/aromatic N) is 2. The van der Waals surface area contributed by atoms with Crippen molar-refractivity contribution in [3.05, 3.63) is 28.1 Å². The summed E-state index contributed by atoms with van der Waals surface area (Å²) in [7, 11) is -3.51. The molecule has 3 rings (SSSR count). The van der Waals surface area contributed by atoms with Gasteiger partial charge in [0.25, 0.3) is 10.0 Å². The molecule has 2 aromatic heterocycles. The number of nitrogens with two attached hydrogens (primary N) is 1. The quantitative estimate of drug-likeness (QED) is 0.914. The second-order valence-electron chi connectivity index (χ2n) is 4.79. The van der Waals surface area contributed by atoms with Crippen LogP contribution in [0.15, 0.2) is 21.7 Å². The van der Waals surface area contributed by atoms with Crippen LogP contribution < -0.4 is 5.73 Å². The Labute approximate surface area is 126 Å². The van der Waals surface area contributed by atoms with Crippen LogP contribution in [0.1, 0.15) is 23.4 Å². The highest BCUT2D eigenvalue weighted by molar-refractivity contribution is 7.91. The van der Waals surface area contributed by atoms with E-state index in [2.05, 4.69) is 4.98 Å². The van der Waals surface area contributed by atoms with E-state index in [4.69, 9.17) is 5.73 Å². The molecule has 1 fully saturated rings. The summed E-state index contributed by atoms with van der Waals surface area (Å²) in [5.41, 5.74) is 6.12. The SMILES string of the molecule is Cc1nc(N)sc1S(=O)(=O)N(Cc1cccs1)C1CC1. The highest BCUT2D eigenvalue weighted by Crippen LogP contribution is 2.37. The summed E-state index contributed by atoms with van der Waals surface area (Å²) in [6.45, 7) is 2.12. The molecular formula is C12H15N3O2S3. The van der Waals surface area contributed by atoms with E-state index in [9.17, 15) is 8.42 Å². The number of thiazole rings is 1. The lowest BCUT2D eigenvalue weighted by Gasteiger charge is -2.20. The van der Waals surface area contributed by atoms with E-state index >= 15 is 0 Å². The first-order valence-corrected chi connectivity index (χ1v) is 9.39. The van der Waals surface area contributed by atoms with Gasteiger partial charge in [-0.3, -0.25) is 0 Å². The fraction of sp³-hybridized carbons (Fsp3) is 0.417. The second kappa shape index (κ2) is 5.10. The van der Waals surface area contributed by atoms with Gasteiger partial charge in [-0.25, -0.2) is 13.4 Å². The summed E-state index contributed by atoms with van der Waals surface area (Å²) >= 11 is 2.62. The van der Waals surface area contributed by atoms with E-state index in [1.807, 2.05) is 17.5 Å². The second-order valence-corrected chi connectivity index (χ2v) is 8.93. The molecule has 5 nitrogen and oxygen atoms in total. The van der Waals surface area contributed by atoms with Crippen LogP contribution in [0.2, 0.25) is 0 Å². The van der Waals surface area contributed by atoms with Crippen LogP contribution >= 0.6 is 22.7 Å². The van der Waals surface area contributed by atoms with Gasteiger partial charge in [-0.2, -0.15) is 4.31 Å². The number of hydrogen-bond acceptors (Lipinski definition) is 6. The number of thiophene rings is 1. The van der Waals surface area contributed by atoms with Gasteiger partial charge in [0.15, 0.2) is 9.34 Å². The van der Waals surface area contributed by atoms with E-state index in [1.54, 1.807) is 22.6 Å². The Balaban J connectivity index is 1.96. The third-order valence-corrected chi connectivity index (χ3v) is 7.49. The van der Waals surface area contributed by atoms with Gasteiger partial charge < -0.3 is 5.73 Å². The van der Waals surface area contributed by atoms with Crippen LogP contribution in [-0.2, 0) is 16.6 Å². The molecule has 20 heavy (non-hydrogen) atoms. The topological polar surface area (TPSA) is 76.3 Å². The Morgan fingerprint density at radius 2 is 2.25 bits per heavy atom. The number of aromatic nitrogens is 1. The van der Waals surface area contributed by atoms with Gasteiger partial charge in [-0.1, -0.05) is 17.4 Å². The minimum atomic E-state index is -3.51. The third kappa shape index (κ3) is 2.60. The van der Waals surface area contributed by atoms with Crippen molar-refractivity contribution in [2.24, 2.45) is 0 Å². The smallest absolute Gasteiger partial charge is 0.255 e. The lowest BCUT2D eigenvalue weighted by Crippen LogP contribution is -2.32. The van der Waals surface area contributed by atoms with E-state index in [-0.39, 0.29) is 10.3 Å². The molecule has 2 aromatic rings. The number of aryl methyl sites for hydroxylation is 1. The normalized spacial score (nSPS) is 15.9. The molecule has 8 heteroatoms. The first-order chi connectivity index (χ1) is 9.48. The number of nitrogen functional groups attached to an aromatic ring is 1. The highest BCUT2D eigenvalue weighted by atomic mass is 32.2. The fourth-order valence-electron chi connectivity index (χ4n) is 2.08. The predicted molar refractivity (Wildman–Crippen MR) is 81.3 cm³/mol. The number of sulfonamides is 1. The molecule has 0 radical (unpaired) electrons. The lowest BCUT2D eigenvalue weighted by molar-refractivity contribution is 0.402. The minimum absolute atomic E-state index is 0.116. The van der Waals surface area contributed by atoms with Gasteiger partial charge in [0.05, 0.1) is 5.69 Å². The Kier molecular flexibility index (Phi) is 3.57. The van der Waals surface area contributed by atoms with Crippen LogP contribution in [0.3, 0.4) is 0 Å². The van der Waals surface area contributed by atoms with E-state index in [0.717, 1.165) is 29.1 Å². The highest BCUT2D eigenvalue weighted by Gasteiger charge is 2.40. The van der Waals surface area contributed by atoms with E-state index in [1.165, 1.54) is 0 Å². The minimum Gasteiger partial charge on any atom is -0.375 e. The van der Waals surface area contributed by atoms with Crippen LogP contribution in [0.25, 0.3) is 0 Å². The van der Waals surface area contributed by atoms with Crippen LogP contribution in [0.4, 0.5) is 5.13 Å². The van der Waals surface area contributed by atoms with Crippen LogP contribution in [0, 0.1) is 6.92 Å². The molecule has 0 aromatic carbocycles. The van der Waals surface area contributed by atoms with Crippen molar-refractivity contribution >= 4 is 37.8 Å². The Bertz CT molecular complexity index is 702. The summed E-state index contributed by atoms with van der Waals surface area (Å²) in [4.78, 5) is 5.08. The lowest BCUT2D eigenvalue weighted by atomic mass is 10.4. The molecular weight excluding hydrogens is 314 g/mol. The standard InChI is InChI=1S/C12H15N3O2S3/c1-8-11(19-12(13)14-8)20(16,17)15(9-4-5-9)7-10-3-2-6-18-10/h2-3,6,9H,4-5,7H2,1H3,(H2,13,14). The summed E-state index contributed by atoms with van der Waals surface area (Å²) in [5, 5.41) is 2.26. The zero-order valence-electron chi connectivity index (χ0n) is 10.9. The molecule has 2 N–H and O–H groups in total. The maximum Gasteiger partial charge on any atom is 0.255 e. The molecule has 0 saturated heterocycles. The van der Waals surface area contributed by atoms with Gasteiger partial charge in [0.2, 0.25) is 0 Å². The zero-order chi connectivity index (χ0) is 14.3. The van der Waals surface area contributed by atoms with Crippen molar-refractivity contribution in [3.63, 3.8) is 0 Å². The molecule has 0 amide bonds. The van der Waals surface area contributed by atoms with Crippen molar-refractivity contribution in [2.75, 3.05) is 5.73 Å². The molecule has 1 aliphatic carbocycles. The largest absolute Gasteiger partial charge is 0.375 e. The molecule has 2 heterocycles. The van der Waals surface area contributed by atoms with Crippen molar-refractivity contribution in [1.29, 1.82) is 0 Å². The van der Waals surface area contributed by atoms with Crippen molar-refractivity contribution in [2.45, 2.75) is 36.6 Å². The summed E-state index contributed by atoms with van der Waals surface area (Å²) in [6.07, 6.45) is 1.86. The van der Waals surface area contributed by atoms with Gasteiger partial charge in [0.1, 0.15) is 0 Å². The zero-order valence-corrected chi connectivity index (χ0v) is 13.4. The molecule has 0 spiro atoms. The van der Waals surface area contributed by atoms with Gasteiger partial charge in [0, 0.05) is 17.5 Å². The third-order valence-electron chi connectivity index (χ3n) is 3.16. The maximum atomic E-state index is 12.8. The molecule has 0 unspecified atom stereocenters. The fourth-order valence-corrected chi connectivity index (χ4v) is 5.94. The summed E-state index contributed by atoms with van der Waals surface area (Å²) < 4.78 is 27.5.